The number of likely N-dealkylation sites (N-methyl/N-ethyl adjacent to an activating group) is 1. The summed E-state index contributed by atoms with van der Waals surface area (Å²) >= 11 is 0. The van der Waals surface area contributed by atoms with Crippen LogP contribution in [0.5, 0.6) is 0 Å². The zero-order valence-electron chi connectivity index (χ0n) is 10.1. The lowest BCUT2D eigenvalue weighted by molar-refractivity contribution is -0.137. The van der Waals surface area contributed by atoms with Gasteiger partial charge in [-0.2, -0.15) is 0 Å². The van der Waals surface area contributed by atoms with E-state index in [0.29, 0.717) is 25.0 Å². The van der Waals surface area contributed by atoms with Gasteiger partial charge in [-0.1, -0.05) is 13.8 Å². The Morgan fingerprint density at radius 2 is 2.20 bits per heavy atom. The van der Waals surface area contributed by atoms with Gasteiger partial charge in [0.15, 0.2) is 0 Å². The number of carbonyl (C=O) groups is 1. The maximum Gasteiger partial charge on any atom is 0.236 e. The van der Waals surface area contributed by atoms with Gasteiger partial charge in [0.05, 0.1) is 6.54 Å². The molecule has 0 aliphatic carbocycles. The van der Waals surface area contributed by atoms with Gasteiger partial charge in [0.2, 0.25) is 5.91 Å². The molecular weight excluding hydrogens is 190 g/mol. The van der Waals surface area contributed by atoms with E-state index in [4.69, 9.17) is 5.73 Å². The number of carbonyl (C=O) groups excluding carboxylic acids is 1. The number of amides is 1. The molecule has 4 nitrogen and oxygen atoms in total. The van der Waals surface area contributed by atoms with Crippen molar-refractivity contribution in [2.75, 3.05) is 33.2 Å². The molecule has 1 amide bonds. The molecule has 1 aliphatic rings. The molecule has 1 unspecified atom stereocenters. The fourth-order valence-electron chi connectivity index (χ4n) is 2.08. The van der Waals surface area contributed by atoms with E-state index in [1.165, 1.54) is 0 Å². The largest absolute Gasteiger partial charge is 0.343 e. The van der Waals surface area contributed by atoms with Gasteiger partial charge in [-0.15, -0.1) is 0 Å². The van der Waals surface area contributed by atoms with Crippen LogP contribution in [0.2, 0.25) is 0 Å². The third kappa shape index (κ3) is 3.18. The zero-order chi connectivity index (χ0) is 11.4. The third-order valence-corrected chi connectivity index (χ3v) is 3.11. The van der Waals surface area contributed by atoms with Gasteiger partial charge in [0, 0.05) is 26.2 Å². The summed E-state index contributed by atoms with van der Waals surface area (Å²) in [4.78, 5) is 15.7. The molecule has 1 saturated heterocycles. The van der Waals surface area contributed by atoms with Crippen molar-refractivity contribution < 1.29 is 4.79 Å². The molecule has 0 aromatic carbocycles. The first kappa shape index (κ1) is 12.5. The summed E-state index contributed by atoms with van der Waals surface area (Å²) in [7, 11) is 1.89. The van der Waals surface area contributed by atoms with Crippen LogP contribution in [0.15, 0.2) is 0 Å². The maximum atomic E-state index is 11.6. The second-order valence-electron chi connectivity index (χ2n) is 4.70. The molecule has 88 valence electrons. The van der Waals surface area contributed by atoms with Crippen molar-refractivity contribution in [3.05, 3.63) is 0 Å². The van der Waals surface area contributed by atoms with Gasteiger partial charge in [-0.05, 0) is 18.9 Å². The van der Waals surface area contributed by atoms with Gasteiger partial charge in [-0.3, -0.25) is 9.69 Å². The Bertz CT molecular complexity index is 218. The lowest BCUT2D eigenvalue weighted by Gasteiger charge is -2.41. The van der Waals surface area contributed by atoms with Gasteiger partial charge in [-0.25, -0.2) is 0 Å². The van der Waals surface area contributed by atoms with Gasteiger partial charge < -0.3 is 10.6 Å². The number of nitrogens with two attached hydrogens (primary N) is 1. The first-order valence-corrected chi connectivity index (χ1v) is 5.74. The van der Waals surface area contributed by atoms with E-state index >= 15 is 0 Å². The quantitative estimate of drug-likeness (QED) is 0.722. The Hall–Kier alpha value is -0.610. The first-order chi connectivity index (χ1) is 7.06. The van der Waals surface area contributed by atoms with Crippen LogP contribution in [-0.2, 0) is 4.79 Å². The van der Waals surface area contributed by atoms with Crippen LogP contribution < -0.4 is 5.73 Å². The van der Waals surface area contributed by atoms with E-state index in [-0.39, 0.29) is 5.91 Å². The summed E-state index contributed by atoms with van der Waals surface area (Å²) < 4.78 is 0. The van der Waals surface area contributed by atoms with Crippen molar-refractivity contribution in [2.24, 2.45) is 11.7 Å². The summed E-state index contributed by atoms with van der Waals surface area (Å²) in [5.74, 6) is 0.808. The molecule has 15 heavy (non-hydrogen) atoms. The smallest absolute Gasteiger partial charge is 0.236 e. The van der Waals surface area contributed by atoms with Crippen molar-refractivity contribution in [3.8, 4) is 0 Å². The SMILES string of the molecule is CC(C)C1CN(C)C(=O)CN1CCCN. The number of rotatable bonds is 4. The number of hydrogen-bond acceptors (Lipinski definition) is 3. The summed E-state index contributed by atoms with van der Waals surface area (Å²) in [6, 6.07) is 0.485. The first-order valence-electron chi connectivity index (χ1n) is 5.74. The fraction of sp³-hybridized carbons (Fsp3) is 0.909. The normalized spacial score (nSPS) is 23.9. The number of piperazine rings is 1. The summed E-state index contributed by atoms with van der Waals surface area (Å²) in [6.45, 7) is 7.47. The lowest BCUT2D eigenvalue weighted by Crippen LogP contribution is -2.56. The minimum absolute atomic E-state index is 0.226. The molecule has 1 fully saturated rings. The number of nitrogens with zero attached hydrogens (tertiary/aromatic N) is 2. The van der Waals surface area contributed by atoms with Crippen LogP contribution in [0.1, 0.15) is 20.3 Å². The van der Waals surface area contributed by atoms with Gasteiger partial charge in [0.1, 0.15) is 0 Å². The second kappa shape index (κ2) is 5.47. The molecule has 4 heteroatoms. The Labute approximate surface area is 92.4 Å². The molecule has 0 spiro atoms. The maximum absolute atomic E-state index is 11.6. The predicted molar refractivity (Wildman–Crippen MR) is 61.5 cm³/mol. The lowest BCUT2D eigenvalue weighted by atomic mass is 9.99. The van der Waals surface area contributed by atoms with Crippen molar-refractivity contribution in [1.29, 1.82) is 0 Å². The highest BCUT2D eigenvalue weighted by Crippen LogP contribution is 2.16. The van der Waals surface area contributed by atoms with E-state index in [9.17, 15) is 4.79 Å². The molecule has 0 bridgehead atoms. The monoisotopic (exact) mass is 213 g/mol. The average molecular weight is 213 g/mol. The van der Waals surface area contributed by atoms with Crippen molar-refractivity contribution >= 4 is 5.91 Å². The molecule has 1 aliphatic heterocycles. The molecular formula is C11H23N3O. The molecule has 0 saturated carbocycles. The molecule has 1 rings (SSSR count). The van der Waals surface area contributed by atoms with Crippen LogP contribution in [-0.4, -0.2) is 55.0 Å². The van der Waals surface area contributed by atoms with E-state index in [0.717, 1.165) is 19.5 Å². The molecule has 1 atom stereocenters. The topological polar surface area (TPSA) is 49.6 Å². The summed E-state index contributed by atoms with van der Waals surface area (Å²) in [5, 5.41) is 0. The molecule has 0 aromatic heterocycles. The Kier molecular flexibility index (Phi) is 4.54. The highest BCUT2D eigenvalue weighted by molar-refractivity contribution is 5.78. The van der Waals surface area contributed by atoms with Gasteiger partial charge in [0.25, 0.3) is 0 Å². The van der Waals surface area contributed by atoms with Gasteiger partial charge >= 0.3 is 0 Å². The highest BCUT2D eigenvalue weighted by atomic mass is 16.2. The summed E-state index contributed by atoms with van der Waals surface area (Å²) in [5.41, 5.74) is 5.51. The molecule has 1 heterocycles. The van der Waals surface area contributed by atoms with E-state index in [1.807, 2.05) is 11.9 Å². The second-order valence-corrected chi connectivity index (χ2v) is 4.70. The predicted octanol–water partition coefficient (Wildman–Crippen LogP) is 0.134. The minimum atomic E-state index is 0.226. The zero-order valence-corrected chi connectivity index (χ0v) is 10.1. The van der Waals surface area contributed by atoms with Crippen LogP contribution in [0.3, 0.4) is 0 Å². The Morgan fingerprint density at radius 3 is 2.73 bits per heavy atom. The highest BCUT2D eigenvalue weighted by Gasteiger charge is 2.31. The molecule has 2 N–H and O–H groups in total. The average Bonchev–Trinajstić information content (AvgIpc) is 2.19. The Morgan fingerprint density at radius 1 is 1.53 bits per heavy atom. The summed E-state index contributed by atoms with van der Waals surface area (Å²) in [6.07, 6.45) is 0.972. The van der Waals surface area contributed by atoms with E-state index < -0.39 is 0 Å². The van der Waals surface area contributed by atoms with Crippen LogP contribution in [0, 0.1) is 5.92 Å². The number of hydrogen-bond donors (Lipinski definition) is 1. The van der Waals surface area contributed by atoms with Crippen LogP contribution in [0.4, 0.5) is 0 Å². The van der Waals surface area contributed by atoms with E-state index in [1.54, 1.807) is 0 Å². The van der Waals surface area contributed by atoms with E-state index in [2.05, 4.69) is 18.7 Å². The fourth-order valence-corrected chi connectivity index (χ4v) is 2.08. The third-order valence-electron chi connectivity index (χ3n) is 3.11. The standard InChI is InChI=1S/C11H23N3O/c1-9(2)10-7-13(3)11(15)8-14(10)6-4-5-12/h9-10H,4-8,12H2,1-3H3. The van der Waals surface area contributed by atoms with Crippen molar-refractivity contribution in [1.82, 2.24) is 9.80 Å². The molecule has 0 radical (unpaired) electrons. The molecule has 0 aromatic rings. The van der Waals surface area contributed by atoms with Crippen LogP contribution in [0.25, 0.3) is 0 Å². The van der Waals surface area contributed by atoms with Crippen LogP contribution >= 0.6 is 0 Å². The minimum Gasteiger partial charge on any atom is -0.343 e. The van der Waals surface area contributed by atoms with Crippen molar-refractivity contribution in [3.63, 3.8) is 0 Å². The Balaban J connectivity index is 2.59. The van der Waals surface area contributed by atoms with Crippen molar-refractivity contribution in [2.45, 2.75) is 26.3 Å².